The monoisotopic (exact) mass is 431 g/mol. The molecular formula is C20H19Cl2N5O2. The topological polar surface area (TPSA) is 105 Å². The number of carbonyl (C=O) groups is 1. The third-order valence-corrected chi connectivity index (χ3v) is 4.59. The summed E-state index contributed by atoms with van der Waals surface area (Å²) in [5, 5.41) is 10.9. The third kappa shape index (κ3) is 5.07. The molecule has 0 unspecified atom stereocenters. The minimum atomic E-state index is -0.504. The molecule has 0 aliphatic heterocycles. The zero-order valence-electron chi connectivity index (χ0n) is 15.8. The van der Waals surface area contributed by atoms with Gasteiger partial charge in [-0.15, -0.1) is 0 Å². The van der Waals surface area contributed by atoms with E-state index in [1.54, 1.807) is 44.4 Å². The van der Waals surface area contributed by atoms with Crippen LogP contribution < -0.4 is 15.8 Å². The van der Waals surface area contributed by atoms with Crippen molar-refractivity contribution >= 4 is 35.1 Å². The van der Waals surface area contributed by atoms with Gasteiger partial charge in [0.05, 0.1) is 24.1 Å². The van der Waals surface area contributed by atoms with Gasteiger partial charge in [-0.2, -0.15) is 10.1 Å². The lowest BCUT2D eigenvalue weighted by Crippen LogP contribution is -2.32. The van der Waals surface area contributed by atoms with E-state index in [0.29, 0.717) is 39.3 Å². The number of aromatic nitrogens is 2. The molecule has 0 aliphatic rings. The number of hydrogen-bond acceptors (Lipinski definition) is 3. The van der Waals surface area contributed by atoms with Crippen LogP contribution in [0.2, 0.25) is 10.0 Å². The van der Waals surface area contributed by atoms with Gasteiger partial charge in [0.15, 0.2) is 5.96 Å². The zero-order valence-corrected chi connectivity index (χ0v) is 17.3. The highest BCUT2D eigenvalue weighted by atomic mass is 35.5. The summed E-state index contributed by atoms with van der Waals surface area (Å²) in [6.07, 6.45) is 0. The maximum atomic E-state index is 12.7. The molecule has 1 aromatic heterocycles. The van der Waals surface area contributed by atoms with Gasteiger partial charge >= 0.3 is 0 Å². The van der Waals surface area contributed by atoms with Crippen LogP contribution >= 0.6 is 23.2 Å². The molecule has 3 rings (SSSR count). The second-order valence-corrected chi connectivity index (χ2v) is 7.09. The first-order chi connectivity index (χ1) is 13.9. The molecule has 0 bridgehead atoms. The number of hydrogen-bond donors (Lipinski definition) is 3. The van der Waals surface area contributed by atoms with Crippen molar-refractivity contribution in [2.75, 3.05) is 7.11 Å². The molecule has 0 atom stereocenters. The Morgan fingerprint density at radius 1 is 1.21 bits per heavy atom. The van der Waals surface area contributed by atoms with Crippen LogP contribution in [0, 0.1) is 6.92 Å². The molecule has 0 spiro atoms. The van der Waals surface area contributed by atoms with E-state index >= 15 is 0 Å². The lowest BCUT2D eigenvalue weighted by molar-refractivity contribution is 0.100. The SMILES string of the molecule is COc1ccc(-c2[nH]nc(C)c2C(=O)/N=C(/N)NCc2cc(Cl)cc(Cl)c2)cc1. The maximum Gasteiger partial charge on any atom is 0.284 e. The molecule has 2 aromatic carbocycles. The second kappa shape index (κ2) is 8.98. The van der Waals surface area contributed by atoms with Crippen molar-refractivity contribution < 1.29 is 9.53 Å². The highest BCUT2D eigenvalue weighted by Crippen LogP contribution is 2.26. The number of nitrogens with zero attached hydrogens (tertiary/aromatic N) is 2. The van der Waals surface area contributed by atoms with Crippen LogP contribution in [0.1, 0.15) is 21.6 Å². The number of rotatable bonds is 5. The van der Waals surface area contributed by atoms with Crippen LogP contribution in [0.3, 0.4) is 0 Å². The van der Waals surface area contributed by atoms with Gasteiger partial charge in [0.1, 0.15) is 5.75 Å². The molecule has 0 radical (unpaired) electrons. The predicted octanol–water partition coefficient (Wildman–Crippen LogP) is 3.95. The van der Waals surface area contributed by atoms with Crippen LogP contribution in [0.15, 0.2) is 47.5 Å². The highest BCUT2D eigenvalue weighted by molar-refractivity contribution is 6.34. The first kappa shape index (κ1) is 20.7. The average molecular weight is 432 g/mol. The number of H-pyrrole nitrogens is 1. The number of carbonyl (C=O) groups excluding carboxylic acids is 1. The molecule has 29 heavy (non-hydrogen) atoms. The van der Waals surface area contributed by atoms with Crippen molar-refractivity contribution in [1.29, 1.82) is 0 Å². The van der Waals surface area contributed by atoms with E-state index in [1.807, 2.05) is 12.1 Å². The van der Waals surface area contributed by atoms with Gasteiger partial charge in [-0.25, -0.2) is 0 Å². The van der Waals surface area contributed by atoms with Crippen molar-refractivity contribution in [3.63, 3.8) is 0 Å². The molecule has 0 saturated carbocycles. The van der Waals surface area contributed by atoms with Crippen molar-refractivity contribution in [3.05, 3.63) is 69.3 Å². The van der Waals surface area contributed by atoms with E-state index < -0.39 is 5.91 Å². The number of halogens is 2. The predicted molar refractivity (Wildman–Crippen MR) is 115 cm³/mol. The summed E-state index contributed by atoms with van der Waals surface area (Å²) in [5.41, 5.74) is 8.92. The van der Waals surface area contributed by atoms with Gasteiger partial charge in [-0.1, -0.05) is 23.2 Å². The van der Waals surface area contributed by atoms with Crippen LogP contribution in [0.4, 0.5) is 0 Å². The lowest BCUT2D eigenvalue weighted by atomic mass is 10.1. The summed E-state index contributed by atoms with van der Waals surface area (Å²) in [7, 11) is 1.59. The molecule has 7 nitrogen and oxygen atoms in total. The van der Waals surface area contributed by atoms with E-state index in [9.17, 15) is 4.79 Å². The van der Waals surface area contributed by atoms with Gasteiger partial charge in [-0.3, -0.25) is 9.89 Å². The van der Waals surface area contributed by atoms with Gasteiger partial charge < -0.3 is 15.8 Å². The fourth-order valence-electron chi connectivity index (χ4n) is 2.77. The number of aliphatic imine (C=N–C) groups is 1. The molecule has 4 N–H and O–H groups in total. The Morgan fingerprint density at radius 3 is 2.48 bits per heavy atom. The van der Waals surface area contributed by atoms with Gasteiger partial charge in [0.2, 0.25) is 0 Å². The van der Waals surface area contributed by atoms with Crippen molar-refractivity contribution in [2.45, 2.75) is 13.5 Å². The summed E-state index contributed by atoms with van der Waals surface area (Å²) in [5.74, 6) is 0.189. The zero-order chi connectivity index (χ0) is 21.0. The summed E-state index contributed by atoms with van der Waals surface area (Å²) in [6.45, 7) is 2.04. The van der Waals surface area contributed by atoms with E-state index in [0.717, 1.165) is 11.1 Å². The Labute approximate surface area is 177 Å². The van der Waals surface area contributed by atoms with Gasteiger partial charge in [-0.05, 0) is 55.0 Å². The van der Waals surface area contributed by atoms with Crippen molar-refractivity contribution in [3.8, 4) is 17.0 Å². The van der Waals surface area contributed by atoms with E-state index in [-0.39, 0.29) is 5.96 Å². The number of amides is 1. The first-order valence-corrected chi connectivity index (χ1v) is 9.39. The quantitative estimate of drug-likeness (QED) is 0.418. The highest BCUT2D eigenvalue weighted by Gasteiger charge is 2.19. The van der Waals surface area contributed by atoms with Gasteiger partial charge in [0, 0.05) is 22.2 Å². The largest absolute Gasteiger partial charge is 0.497 e. The summed E-state index contributed by atoms with van der Waals surface area (Å²) < 4.78 is 5.16. The lowest BCUT2D eigenvalue weighted by Gasteiger charge is -2.07. The average Bonchev–Trinajstić information content (AvgIpc) is 3.07. The molecule has 0 fully saturated rings. The third-order valence-electron chi connectivity index (χ3n) is 4.16. The molecule has 1 heterocycles. The Morgan fingerprint density at radius 2 is 1.86 bits per heavy atom. The van der Waals surface area contributed by atoms with Crippen LogP contribution in [0.5, 0.6) is 5.75 Å². The summed E-state index contributed by atoms with van der Waals surface area (Å²) in [4.78, 5) is 16.7. The molecule has 0 aliphatic carbocycles. The molecule has 0 saturated heterocycles. The number of benzene rings is 2. The van der Waals surface area contributed by atoms with Gasteiger partial charge in [0.25, 0.3) is 5.91 Å². The number of ether oxygens (including phenoxy) is 1. The van der Waals surface area contributed by atoms with Crippen LogP contribution in [-0.4, -0.2) is 29.2 Å². The molecular weight excluding hydrogens is 413 g/mol. The molecule has 3 aromatic rings. The van der Waals surface area contributed by atoms with Crippen LogP contribution in [0.25, 0.3) is 11.3 Å². The minimum Gasteiger partial charge on any atom is -0.497 e. The minimum absolute atomic E-state index is 0.0209. The fraction of sp³-hybridized carbons (Fsp3) is 0.150. The first-order valence-electron chi connectivity index (χ1n) is 8.64. The Balaban J connectivity index is 1.78. The molecule has 9 heteroatoms. The smallest absolute Gasteiger partial charge is 0.284 e. The fourth-order valence-corrected chi connectivity index (χ4v) is 3.34. The Bertz CT molecular complexity index is 1040. The summed E-state index contributed by atoms with van der Waals surface area (Å²) in [6, 6.07) is 12.4. The number of nitrogens with two attached hydrogens (primary N) is 1. The number of guanidine groups is 1. The Kier molecular flexibility index (Phi) is 6.41. The van der Waals surface area contributed by atoms with E-state index in [2.05, 4.69) is 20.5 Å². The van der Waals surface area contributed by atoms with Crippen LogP contribution in [-0.2, 0) is 6.54 Å². The molecule has 150 valence electrons. The van der Waals surface area contributed by atoms with E-state index in [1.165, 1.54) is 0 Å². The number of nitrogens with one attached hydrogen (secondary N) is 2. The summed E-state index contributed by atoms with van der Waals surface area (Å²) >= 11 is 12.0. The number of methoxy groups -OCH3 is 1. The number of aromatic amines is 1. The standard InChI is InChI=1S/C20H19Cl2N5O2/c1-11-17(18(27-26-11)13-3-5-16(29-2)6-4-13)19(28)25-20(23)24-10-12-7-14(21)9-15(22)8-12/h3-9H,10H2,1-2H3,(H,26,27)(H3,23,24,25,28). The number of aryl methyl sites for hydroxylation is 1. The van der Waals surface area contributed by atoms with E-state index in [4.69, 9.17) is 33.7 Å². The Hall–Kier alpha value is -3.03. The van der Waals surface area contributed by atoms with Crippen molar-refractivity contribution in [2.24, 2.45) is 10.7 Å². The molecule has 1 amide bonds. The normalized spacial score (nSPS) is 11.4. The second-order valence-electron chi connectivity index (χ2n) is 6.22. The van der Waals surface area contributed by atoms with Crippen molar-refractivity contribution in [1.82, 2.24) is 15.5 Å². The maximum absolute atomic E-state index is 12.7.